The van der Waals surface area contributed by atoms with Crippen molar-refractivity contribution in [2.24, 2.45) is 0 Å². The molecule has 0 aromatic heterocycles. The van der Waals surface area contributed by atoms with Crippen molar-refractivity contribution in [1.82, 2.24) is 5.32 Å². The zero-order valence-corrected chi connectivity index (χ0v) is 10.7. The monoisotopic (exact) mass is 231 g/mol. The number of hydrogen-bond donors (Lipinski definition) is 1. The predicted molar refractivity (Wildman–Crippen MR) is 63.7 cm³/mol. The first-order chi connectivity index (χ1) is 7.74. The van der Waals surface area contributed by atoms with E-state index in [0.29, 0.717) is 26.4 Å². The number of rotatable bonds is 7. The SMILES string of the molecule is CCCNC(COC(C)C)C1COCCO1. The first-order valence-corrected chi connectivity index (χ1v) is 6.28. The average Bonchev–Trinajstić information content (AvgIpc) is 2.30. The minimum absolute atomic E-state index is 0.124. The standard InChI is InChI=1S/C12H25NO3/c1-4-5-13-11(8-16-10(2)3)12-9-14-6-7-15-12/h10-13H,4-9H2,1-3H3. The van der Waals surface area contributed by atoms with Gasteiger partial charge in [-0.1, -0.05) is 6.92 Å². The van der Waals surface area contributed by atoms with Crippen LogP contribution in [-0.4, -0.2) is 51.2 Å². The summed E-state index contributed by atoms with van der Waals surface area (Å²) in [5.74, 6) is 0. The van der Waals surface area contributed by atoms with Crippen molar-refractivity contribution in [2.75, 3.05) is 33.0 Å². The van der Waals surface area contributed by atoms with Gasteiger partial charge < -0.3 is 19.5 Å². The summed E-state index contributed by atoms with van der Waals surface area (Å²) >= 11 is 0. The van der Waals surface area contributed by atoms with E-state index in [1.54, 1.807) is 0 Å². The van der Waals surface area contributed by atoms with E-state index in [2.05, 4.69) is 26.1 Å². The lowest BCUT2D eigenvalue weighted by Gasteiger charge is -2.31. The molecule has 1 rings (SSSR count). The highest BCUT2D eigenvalue weighted by Gasteiger charge is 2.25. The van der Waals surface area contributed by atoms with Gasteiger partial charge in [0.15, 0.2) is 0 Å². The van der Waals surface area contributed by atoms with Crippen LogP contribution in [0.1, 0.15) is 27.2 Å². The van der Waals surface area contributed by atoms with Crippen LogP contribution in [0.15, 0.2) is 0 Å². The van der Waals surface area contributed by atoms with Crippen LogP contribution >= 0.6 is 0 Å². The average molecular weight is 231 g/mol. The quantitative estimate of drug-likeness (QED) is 0.714. The molecule has 0 radical (unpaired) electrons. The largest absolute Gasteiger partial charge is 0.377 e. The molecule has 0 saturated carbocycles. The highest BCUT2D eigenvalue weighted by Crippen LogP contribution is 2.07. The fraction of sp³-hybridized carbons (Fsp3) is 1.00. The second kappa shape index (κ2) is 8.01. The van der Waals surface area contributed by atoms with Crippen LogP contribution in [0.3, 0.4) is 0 Å². The van der Waals surface area contributed by atoms with Gasteiger partial charge in [-0.25, -0.2) is 0 Å². The van der Waals surface area contributed by atoms with Crippen LogP contribution in [0.4, 0.5) is 0 Å². The van der Waals surface area contributed by atoms with Crippen molar-refractivity contribution in [2.45, 2.75) is 45.4 Å². The lowest BCUT2D eigenvalue weighted by atomic mass is 10.1. The van der Waals surface area contributed by atoms with Gasteiger partial charge in [-0.3, -0.25) is 0 Å². The molecule has 4 heteroatoms. The molecule has 2 unspecified atom stereocenters. The second-order valence-electron chi connectivity index (χ2n) is 4.43. The van der Waals surface area contributed by atoms with Crippen LogP contribution in [0.25, 0.3) is 0 Å². The first kappa shape index (κ1) is 13.9. The molecule has 1 aliphatic rings. The molecule has 1 N–H and O–H groups in total. The molecule has 0 aliphatic carbocycles. The maximum Gasteiger partial charge on any atom is 0.0984 e. The van der Waals surface area contributed by atoms with Gasteiger partial charge in [0, 0.05) is 0 Å². The Morgan fingerprint density at radius 1 is 1.38 bits per heavy atom. The van der Waals surface area contributed by atoms with Gasteiger partial charge in [0.1, 0.15) is 0 Å². The zero-order chi connectivity index (χ0) is 11.8. The smallest absolute Gasteiger partial charge is 0.0984 e. The molecule has 0 bridgehead atoms. The summed E-state index contributed by atoms with van der Waals surface area (Å²) in [6.07, 6.45) is 1.50. The van der Waals surface area contributed by atoms with E-state index in [-0.39, 0.29) is 18.2 Å². The summed E-state index contributed by atoms with van der Waals surface area (Å²) in [6.45, 7) is 10.0. The molecule has 0 aromatic carbocycles. The Hall–Kier alpha value is -0.160. The molecular weight excluding hydrogens is 206 g/mol. The Balaban J connectivity index is 2.34. The van der Waals surface area contributed by atoms with Crippen LogP contribution in [0, 0.1) is 0 Å². The Labute approximate surface area is 98.6 Å². The summed E-state index contributed by atoms with van der Waals surface area (Å²) in [4.78, 5) is 0. The highest BCUT2D eigenvalue weighted by molar-refractivity contribution is 4.78. The Bertz CT molecular complexity index is 170. The van der Waals surface area contributed by atoms with Crippen molar-refractivity contribution < 1.29 is 14.2 Å². The lowest BCUT2D eigenvalue weighted by Crippen LogP contribution is -2.49. The Morgan fingerprint density at radius 3 is 2.75 bits per heavy atom. The summed E-state index contributed by atoms with van der Waals surface area (Å²) in [7, 11) is 0. The molecule has 96 valence electrons. The van der Waals surface area contributed by atoms with Gasteiger partial charge in [-0.2, -0.15) is 0 Å². The normalized spacial score (nSPS) is 23.6. The molecule has 1 fully saturated rings. The lowest BCUT2D eigenvalue weighted by molar-refractivity contribution is -0.113. The second-order valence-corrected chi connectivity index (χ2v) is 4.43. The maximum atomic E-state index is 5.70. The molecule has 2 atom stereocenters. The topological polar surface area (TPSA) is 39.7 Å². The van der Waals surface area contributed by atoms with Gasteiger partial charge >= 0.3 is 0 Å². The molecular formula is C12H25NO3. The Morgan fingerprint density at radius 2 is 2.19 bits per heavy atom. The molecule has 4 nitrogen and oxygen atoms in total. The molecule has 1 aliphatic heterocycles. The van der Waals surface area contributed by atoms with Gasteiger partial charge in [0.25, 0.3) is 0 Å². The van der Waals surface area contributed by atoms with E-state index in [1.165, 1.54) is 0 Å². The van der Waals surface area contributed by atoms with E-state index in [0.717, 1.165) is 13.0 Å². The van der Waals surface area contributed by atoms with Gasteiger partial charge in [-0.15, -0.1) is 0 Å². The van der Waals surface area contributed by atoms with Crippen molar-refractivity contribution in [1.29, 1.82) is 0 Å². The molecule has 0 spiro atoms. The third kappa shape index (κ3) is 5.25. The Kier molecular flexibility index (Phi) is 6.96. The van der Waals surface area contributed by atoms with Crippen molar-refractivity contribution in [3.8, 4) is 0 Å². The van der Waals surface area contributed by atoms with Crippen LogP contribution in [0.2, 0.25) is 0 Å². The van der Waals surface area contributed by atoms with Gasteiger partial charge in [0.05, 0.1) is 44.7 Å². The van der Waals surface area contributed by atoms with E-state index in [4.69, 9.17) is 14.2 Å². The van der Waals surface area contributed by atoms with E-state index in [9.17, 15) is 0 Å². The van der Waals surface area contributed by atoms with Crippen molar-refractivity contribution in [3.63, 3.8) is 0 Å². The molecule has 0 aromatic rings. The summed E-state index contributed by atoms with van der Waals surface area (Å²) in [5.41, 5.74) is 0. The molecule has 0 amide bonds. The van der Waals surface area contributed by atoms with Crippen LogP contribution < -0.4 is 5.32 Å². The third-order valence-electron chi connectivity index (χ3n) is 2.56. The number of ether oxygens (including phenoxy) is 3. The van der Waals surface area contributed by atoms with E-state index >= 15 is 0 Å². The highest BCUT2D eigenvalue weighted by atomic mass is 16.6. The van der Waals surface area contributed by atoms with Crippen molar-refractivity contribution >= 4 is 0 Å². The summed E-state index contributed by atoms with van der Waals surface area (Å²) in [6, 6.07) is 0.239. The summed E-state index contributed by atoms with van der Waals surface area (Å²) in [5, 5.41) is 3.46. The minimum atomic E-state index is 0.124. The molecule has 1 heterocycles. The molecule has 16 heavy (non-hydrogen) atoms. The third-order valence-corrected chi connectivity index (χ3v) is 2.56. The maximum absolute atomic E-state index is 5.70. The fourth-order valence-corrected chi connectivity index (χ4v) is 1.66. The van der Waals surface area contributed by atoms with Crippen LogP contribution in [-0.2, 0) is 14.2 Å². The van der Waals surface area contributed by atoms with Crippen LogP contribution in [0.5, 0.6) is 0 Å². The van der Waals surface area contributed by atoms with E-state index < -0.39 is 0 Å². The zero-order valence-electron chi connectivity index (χ0n) is 10.7. The minimum Gasteiger partial charge on any atom is -0.377 e. The van der Waals surface area contributed by atoms with E-state index in [1.807, 2.05) is 0 Å². The molecule has 1 saturated heterocycles. The van der Waals surface area contributed by atoms with Gasteiger partial charge in [0.2, 0.25) is 0 Å². The number of hydrogen-bond acceptors (Lipinski definition) is 4. The number of nitrogens with one attached hydrogen (secondary N) is 1. The first-order valence-electron chi connectivity index (χ1n) is 6.28. The summed E-state index contributed by atoms with van der Waals surface area (Å²) < 4.78 is 16.8. The fourth-order valence-electron chi connectivity index (χ4n) is 1.66. The van der Waals surface area contributed by atoms with Crippen molar-refractivity contribution in [3.05, 3.63) is 0 Å². The predicted octanol–water partition coefficient (Wildman–Crippen LogP) is 1.19. The van der Waals surface area contributed by atoms with Gasteiger partial charge in [-0.05, 0) is 26.8 Å².